The third kappa shape index (κ3) is 3.64. The van der Waals surface area contributed by atoms with Crippen LogP contribution in [0.4, 0.5) is 0 Å². The molecule has 0 radical (unpaired) electrons. The van der Waals surface area contributed by atoms with Crippen molar-refractivity contribution in [2.75, 3.05) is 13.2 Å². The molecule has 0 heterocycles. The Morgan fingerprint density at radius 2 is 2.14 bits per heavy atom. The smallest absolute Gasteiger partial charge is 0.0895 e. The van der Waals surface area contributed by atoms with Gasteiger partial charge in [-0.15, -0.1) is 0 Å². The largest absolute Gasteiger partial charge is 0.389 e. The Kier molecular flexibility index (Phi) is 4.90. The second-order valence-electron chi connectivity index (χ2n) is 3.00. The van der Waals surface area contributed by atoms with Gasteiger partial charge in [0, 0.05) is 11.6 Å². The van der Waals surface area contributed by atoms with Crippen LogP contribution in [0.2, 0.25) is 5.02 Å². The second kappa shape index (κ2) is 5.98. The molecule has 0 aliphatic heterocycles. The lowest BCUT2D eigenvalue weighted by Gasteiger charge is -2.09. The van der Waals surface area contributed by atoms with Crippen molar-refractivity contribution in [3.8, 4) is 0 Å². The minimum Gasteiger partial charge on any atom is -0.389 e. The Morgan fingerprint density at radius 3 is 2.79 bits per heavy atom. The molecular weight excluding hydrogens is 202 g/mol. The lowest BCUT2D eigenvalue weighted by molar-refractivity contribution is 0.0329. The van der Waals surface area contributed by atoms with Gasteiger partial charge in [-0.25, -0.2) is 0 Å². The maximum atomic E-state index is 9.12. The molecular formula is C10H14ClNO2. The summed E-state index contributed by atoms with van der Waals surface area (Å²) in [7, 11) is 0. The standard InChI is InChI=1S/C10H14ClNO2/c11-10-4-2-1-3-8(10)6-14-7-9(13)5-12/h1-4,9,13H,5-7,12H2. The first-order chi connectivity index (χ1) is 6.74. The fraction of sp³-hybridized carbons (Fsp3) is 0.400. The van der Waals surface area contributed by atoms with Crippen LogP contribution in [0, 0.1) is 0 Å². The van der Waals surface area contributed by atoms with E-state index in [9.17, 15) is 0 Å². The molecule has 0 aliphatic rings. The van der Waals surface area contributed by atoms with Crippen molar-refractivity contribution in [2.45, 2.75) is 12.7 Å². The number of benzene rings is 1. The summed E-state index contributed by atoms with van der Waals surface area (Å²) in [5.74, 6) is 0. The second-order valence-corrected chi connectivity index (χ2v) is 3.40. The van der Waals surface area contributed by atoms with E-state index in [1.807, 2.05) is 18.2 Å². The number of aliphatic hydroxyl groups excluding tert-OH is 1. The first-order valence-corrected chi connectivity index (χ1v) is 4.81. The third-order valence-corrected chi connectivity index (χ3v) is 2.17. The van der Waals surface area contributed by atoms with E-state index in [-0.39, 0.29) is 13.2 Å². The molecule has 0 aromatic heterocycles. The van der Waals surface area contributed by atoms with E-state index < -0.39 is 6.10 Å². The van der Waals surface area contributed by atoms with E-state index >= 15 is 0 Å². The molecule has 0 saturated heterocycles. The molecule has 1 unspecified atom stereocenters. The van der Waals surface area contributed by atoms with Crippen LogP contribution in [0.25, 0.3) is 0 Å². The number of halogens is 1. The number of ether oxygens (including phenoxy) is 1. The zero-order valence-electron chi connectivity index (χ0n) is 7.82. The molecule has 3 N–H and O–H groups in total. The lowest BCUT2D eigenvalue weighted by atomic mass is 10.2. The van der Waals surface area contributed by atoms with Gasteiger partial charge in [-0.2, -0.15) is 0 Å². The van der Waals surface area contributed by atoms with E-state index in [1.165, 1.54) is 0 Å². The van der Waals surface area contributed by atoms with Crippen LogP contribution in [0.15, 0.2) is 24.3 Å². The number of hydrogen-bond donors (Lipinski definition) is 2. The number of aliphatic hydroxyl groups is 1. The average Bonchev–Trinajstić information content (AvgIpc) is 2.20. The van der Waals surface area contributed by atoms with Gasteiger partial charge in [0.25, 0.3) is 0 Å². The molecule has 3 nitrogen and oxygen atoms in total. The van der Waals surface area contributed by atoms with Crippen molar-refractivity contribution in [3.63, 3.8) is 0 Å². The fourth-order valence-corrected chi connectivity index (χ4v) is 1.18. The maximum Gasteiger partial charge on any atom is 0.0895 e. The van der Waals surface area contributed by atoms with E-state index in [0.29, 0.717) is 11.6 Å². The lowest BCUT2D eigenvalue weighted by Crippen LogP contribution is -2.25. The van der Waals surface area contributed by atoms with Crippen molar-refractivity contribution in [2.24, 2.45) is 5.73 Å². The van der Waals surface area contributed by atoms with Gasteiger partial charge in [0.05, 0.1) is 19.3 Å². The van der Waals surface area contributed by atoms with E-state index in [4.69, 9.17) is 27.2 Å². The Balaban J connectivity index is 2.35. The summed E-state index contributed by atoms with van der Waals surface area (Å²) >= 11 is 5.91. The molecule has 1 aromatic rings. The highest BCUT2D eigenvalue weighted by Gasteiger charge is 2.02. The minimum absolute atomic E-state index is 0.211. The molecule has 0 bridgehead atoms. The van der Waals surface area contributed by atoms with Gasteiger partial charge >= 0.3 is 0 Å². The summed E-state index contributed by atoms with van der Waals surface area (Å²) < 4.78 is 5.24. The van der Waals surface area contributed by atoms with E-state index in [1.54, 1.807) is 6.07 Å². The van der Waals surface area contributed by atoms with Gasteiger partial charge in [-0.05, 0) is 11.6 Å². The monoisotopic (exact) mass is 215 g/mol. The van der Waals surface area contributed by atoms with Crippen molar-refractivity contribution < 1.29 is 9.84 Å². The van der Waals surface area contributed by atoms with Crippen LogP contribution in [0.5, 0.6) is 0 Å². The summed E-state index contributed by atoms with van der Waals surface area (Å²) in [6.07, 6.45) is -0.600. The zero-order valence-corrected chi connectivity index (χ0v) is 8.57. The predicted molar refractivity (Wildman–Crippen MR) is 56.2 cm³/mol. The maximum absolute atomic E-state index is 9.12. The quantitative estimate of drug-likeness (QED) is 0.776. The van der Waals surface area contributed by atoms with Gasteiger partial charge in [0.15, 0.2) is 0 Å². The summed E-state index contributed by atoms with van der Waals surface area (Å²) in [6.45, 7) is 0.848. The summed E-state index contributed by atoms with van der Waals surface area (Å²) in [5.41, 5.74) is 6.14. The van der Waals surface area contributed by atoms with Crippen molar-refractivity contribution in [3.05, 3.63) is 34.9 Å². The van der Waals surface area contributed by atoms with Crippen molar-refractivity contribution in [1.82, 2.24) is 0 Å². The first kappa shape index (κ1) is 11.5. The molecule has 4 heteroatoms. The summed E-state index contributed by atoms with van der Waals surface area (Å²) in [5, 5.41) is 9.80. The SMILES string of the molecule is NCC(O)COCc1ccccc1Cl. The van der Waals surface area contributed by atoms with Gasteiger partial charge in [-0.3, -0.25) is 0 Å². The fourth-order valence-electron chi connectivity index (χ4n) is 0.988. The van der Waals surface area contributed by atoms with Crippen molar-refractivity contribution in [1.29, 1.82) is 0 Å². The van der Waals surface area contributed by atoms with Crippen LogP contribution < -0.4 is 5.73 Å². The molecule has 0 fully saturated rings. The Morgan fingerprint density at radius 1 is 1.43 bits per heavy atom. The van der Waals surface area contributed by atoms with Crippen LogP contribution in [0.3, 0.4) is 0 Å². The van der Waals surface area contributed by atoms with Crippen molar-refractivity contribution >= 4 is 11.6 Å². The molecule has 14 heavy (non-hydrogen) atoms. The van der Waals surface area contributed by atoms with E-state index in [2.05, 4.69) is 0 Å². The molecule has 1 aromatic carbocycles. The highest BCUT2D eigenvalue weighted by Crippen LogP contribution is 2.15. The molecule has 0 spiro atoms. The number of rotatable bonds is 5. The molecule has 78 valence electrons. The normalized spacial score (nSPS) is 12.8. The Hall–Kier alpha value is -0.610. The van der Waals surface area contributed by atoms with Crippen LogP contribution in [0.1, 0.15) is 5.56 Å². The highest BCUT2D eigenvalue weighted by molar-refractivity contribution is 6.31. The van der Waals surface area contributed by atoms with Gasteiger partial charge in [-0.1, -0.05) is 29.8 Å². The molecule has 0 saturated carbocycles. The minimum atomic E-state index is -0.600. The van der Waals surface area contributed by atoms with E-state index in [0.717, 1.165) is 5.56 Å². The number of hydrogen-bond acceptors (Lipinski definition) is 3. The van der Waals surface area contributed by atoms with Crippen LogP contribution in [-0.2, 0) is 11.3 Å². The van der Waals surface area contributed by atoms with Gasteiger partial charge < -0.3 is 15.6 Å². The molecule has 0 aliphatic carbocycles. The zero-order chi connectivity index (χ0) is 10.4. The third-order valence-electron chi connectivity index (χ3n) is 1.80. The first-order valence-electron chi connectivity index (χ1n) is 4.43. The predicted octanol–water partition coefficient (Wildman–Crippen LogP) is 1.18. The van der Waals surface area contributed by atoms with Crippen LogP contribution >= 0.6 is 11.6 Å². The average molecular weight is 216 g/mol. The molecule has 1 rings (SSSR count). The van der Waals surface area contributed by atoms with Crippen LogP contribution in [-0.4, -0.2) is 24.4 Å². The number of nitrogens with two attached hydrogens (primary N) is 1. The molecule has 0 amide bonds. The Bertz CT molecular complexity index is 281. The molecule has 1 atom stereocenters. The summed E-state index contributed by atoms with van der Waals surface area (Å²) in [6, 6.07) is 7.45. The van der Waals surface area contributed by atoms with Gasteiger partial charge in [0.2, 0.25) is 0 Å². The topological polar surface area (TPSA) is 55.5 Å². The summed E-state index contributed by atoms with van der Waals surface area (Å²) in [4.78, 5) is 0. The Labute approximate surface area is 88.4 Å². The van der Waals surface area contributed by atoms with Gasteiger partial charge in [0.1, 0.15) is 0 Å². The highest BCUT2D eigenvalue weighted by atomic mass is 35.5.